The summed E-state index contributed by atoms with van der Waals surface area (Å²) >= 11 is 7.64. The molecule has 1 aromatic heterocycles. The second-order valence-electron chi connectivity index (χ2n) is 6.22. The number of benzene rings is 1. The number of rotatable bonds is 4. The van der Waals surface area contributed by atoms with Crippen LogP contribution >= 0.6 is 22.9 Å². The number of aliphatic imine (C=N–C) groups is 1. The molecular formula is C22H26ClN3S. The van der Waals surface area contributed by atoms with E-state index in [1.807, 2.05) is 37.3 Å². The Morgan fingerprint density at radius 3 is 2.63 bits per heavy atom. The molecule has 0 atom stereocenters. The van der Waals surface area contributed by atoms with Gasteiger partial charge in [0.2, 0.25) is 0 Å². The van der Waals surface area contributed by atoms with E-state index in [2.05, 4.69) is 29.1 Å². The van der Waals surface area contributed by atoms with Gasteiger partial charge in [-0.05, 0) is 36.6 Å². The van der Waals surface area contributed by atoms with E-state index in [-0.39, 0.29) is 0 Å². The topological polar surface area (TPSA) is 41.6 Å². The maximum atomic E-state index is 5.97. The molecule has 0 bridgehead atoms. The Morgan fingerprint density at radius 2 is 2.04 bits per heavy atom. The number of hydrogen-bond acceptors (Lipinski definition) is 4. The molecule has 0 spiro atoms. The van der Waals surface area contributed by atoms with E-state index < -0.39 is 0 Å². The van der Waals surface area contributed by atoms with Gasteiger partial charge < -0.3 is 10.6 Å². The van der Waals surface area contributed by atoms with Crippen molar-refractivity contribution >= 4 is 34.7 Å². The molecule has 2 N–H and O–H groups in total. The number of thiophene rings is 1. The highest BCUT2D eigenvalue weighted by Crippen LogP contribution is 2.32. The summed E-state index contributed by atoms with van der Waals surface area (Å²) in [5.74, 6) is 0. The number of nitrogens with zero attached hydrogens (tertiary/aromatic N) is 2. The SMILES string of the molecule is C=CC(=C)N1CCc2cc(Cl)sc2C1.CN=C/C(=C(/C)N)c1ccccc1. The van der Waals surface area contributed by atoms with Gasteiger partial charge in [0.1, 0.15) is 0 Å². The van der Waals surface area contributed by atoms with E-state index in [0.29, 0.717) is 0 Å². The van der Waals surface area contributed by atoms with Crippen molar-refractivity contribution in [2.75, 3.05) is 13.6 Å². The lowest BCUT2D eigenvalue weighted by Gasteiger charge is -2.28. The third-order valence-corrected chi connectivity index (χ3v) is 5.55. The highest BCUT2D eigenvalue weighted by Gasteiger charge is 2.18. The normalized spacial score (nSPS) is 14.1. The zero-order chi connectivity index (χ0) is 19.8. The van der Waals surface area contributed by atoms with Crippen LogP contribution in [0.15, 0.2) is 72.0 Å². The lowest BCUT2D eigenvalue weighted by molar-refractivity contribution is 0.338. The predicted octanol–water partition coefficient (Wildman–Crippen LogP) is 5.54. The van der Waals surface area contributed by atoms with E-state index in [1.165, 1.54) is 10.4 Å². The molecule has 0 radical (unpaired) electrons. The van der Waals surface area contributed by atoms with Crippen LogP contribution in [-0.4, -0.2) is 24.7 Å². The summed E-state index contributed by atoms with van der Waals surface area (Å²) in [7, 11) is 1.74. The zero-order valence-electron chi connectivity index (χ0n) is 15.9. The van der Waals surface area contributed by atoms with Crippen molar-refractivity contribution in [1.82, 2.24) is 4.90 Å². The van der Waals surface area contributed by atoms with Crippen LogP contribution in [0.5, 0.6) is 0 Å². The van der Waals surface area contributed by atoms with Gasteiger partial charge in [-0.15, -0.1) is 11.3 Å². The highest BCUT2D eigenvalue weighted by molar-refractivity contribution is 7.16. The van der Waals surface area contributed by atoms with Crippen LogP contribution in [0.2, 0.25) is 4.34 Å². The van der Waals surface area contributed by atoms with Gasteiger partial charge in [0.25, 0.3) is 0 Å². The summed E-state index contributed by atoms with van der Waals surface area (Å²) in [5.41, 5.74) is 11.0. The number of nitrogens with two attached hydrogens (primary N) is 1. The fourth-order valence-corrected chi connectivity index (χ4v) is 4.17. The monoisotopic (exact) mass is 399 g/mol. The largest absolute Gasteiger partial charge is 0.402 e. The Kier molecular flexibility index (Phi) is 7.89. The van der Waals surface area contributed by atoms with Crippen molar-refractivity contribution in [2.24, 2.45) is 10.7 Å². The van der Waals surface area contributed by atoms with Crippen LogP contribution < -0.4 is 5.73 Å². The molecule has 1 aliphatic heterocycles. The van der Waals surface area contributed by atoms with Gasteiger partial charge in [0.05, 0.1) is 10.9 Å². The molecule has 2 heterocycles. The summed E-state index contributed by atoms with van der Waals surface area (Å²) in [6.45, 7) is 11.5. The second kappa shape index (κ2) is 10.1. The Labute approximate surface area is 171 Å². The maximum absolute atomic E-state index is 5.97. The third-order valence-electron chi connectivity index (χ3n) is 4.26. The summed E-state index contributed by atoms with van der Waals surface area (Å²) in [6.07, 6.45) is 4.65. The maximum Gasteiger partial charge on any atom is 0.0934 e. The van der Waals surface area contributed by atoms with Gasteiger partial charge >= 0.3 is 0 Å². The number of halogens is 1. The van der Waals surface area contributed by atoms with Crippen molar-refractivity contribution in [3.63, 3.8) is 0 Å². The third kappa shape index (κ3) is 5.84. The first-order chi connectivity index (χ1) is 13.0. The van der Waals surface area contributed by atoms with Gasteiger partial charge in [-0.25, -0.2) is 0 Å². The van der Waals surface area contributed by atoms with E-state index in [9.17, 15) is 0 Å². The molecule has 0 saturated carbocycles. The smallest absolute Gasteiger partial charge is 0.0934 e. The minimum absolute atomic E-state index is 0.789. The van der Waals surface area contributed by atoms with Gasteiger partial charge in [0, 0.05) is 41.7 Å². The summed E-state index contributed by atoms with van der Waals surface area (Å²) in [5, 5.41) is 0. The van der Waals surface area contributed by atoms with Gasteiger partial charge in [-0.2, -0.15) is 0 Å². The molecule has 0 amide bonds. The Balaban J connectivity index is 0.000000194. The van der Waals surface area contributed by atoms with E-state index >= 15 is 0 Å². The summed E-state index contributed by atoms with van der Waals surface area (Å²) in [6, 6.07) is 12.1. The highest BCUT2D eigenvalue weighted by atomic mass is 35.5. The quantitative estimate of drug-likeness (QED) is 0.542. The second-order valence-corrected chi connectivity index (χ2v) is 7.98. The van der Waals surface area contributed by atoms with Crippen molar-refractivity contribution in [2.45, 2.75) is 19.9 Å². The average molecular weight is 400 g/mol. The predicted molar refractivity (Wildman–Crippen MR) is 120 cm³/mol. The number of hydrogen-bond donors (Lipinski definition) is 1. The van der Waals surface area contributed by atoms with Crippen LogP contribution in [0.1, 0.15) is 22.9 Å². The average Bonchev–Trinajstić information content (AvgIpc) is 3.05. The molecule has 0 fully saturated rings. The minimum Gasteiger partial charge on any atom is -0.402 e. The first-order valence-corrected chi connectivity index (χ1v) is 9.93. The van der Waals surface area contributed by atoms with Gasteiger partial charge in [-0.1, -0.05) is 55.1 Å². The molecule has 1 aliphatic rings. The number of allylic oxidation sites excluding steroid dienone is 3. The lowest BCUT2D eigenvalue weighted by atomic mass is 10.1. The van der Waals surface area contributed by atoms with Crippen LogP contribution in [-0.2, 0) is 13.0 Å². The number of fused-ring (bicyclic) bond motifs is 1. The first kappa shape index (κ1) is 21.0. The molecule has 0 saturated heterocycles. The molecule has 0 aliphatic carbocycles. The summed E-state index contributed by atoms with van der Waals surface area (Å²) < 4.78 is 0.890. The molecular weight excluding hydrogens is 374 g/mol. The lowest BCUT2D eigenvalue weighted by Crippen LogP contribution is -2.27. The van der Waals surface area contributed by atoms with Gasteiger partial charge in [0.15, 0.2) is 0 Å². The molecule has 3 rings (SSSR count). The van der Waals surface area contributed by atoms with Crippen molar-refractivity contribution < 1.29 is 0 Å². The Morgan fingerprint density at radius 1 is 1.33 bits per heavy atom. The molecule has 0 unspecified atom stereocenters. The van der Waals surface area contributed by atoms with E-state index in [1.54, 1.807) is 30.7 Å². The molecule has 27 heavy (non-hydrogen) atoms. The standard InChI is InChI=1S/C11H12ClNS.C11H14N2/c1-3-8(2)13-5-4-9-6-11(12)14-10(9)7-13;1-9(12)11(8-13-2)10-6-4-3-5-7-10/h3,6H,1-2,4-5,7H2;3-8H,12H2,1-2H3/b;11-9+,13-8?. The van der Waals surface area contributed by atoms with Crippen molar-refractivity contribution in [3.05, 3.63) is 87.4 Å². The van der Waals surface area contributed by atoms with E-state index in [4.69, 9.17) is 17.3 Å². The summed E-state index contributed by atoms with van der Waals surface area (Å²) in [4.78, 5) is 7.57. The Hall–Kier alpha value is -2.30. The van der Waals surface area contributed by atoms with Crippen LogP contribution in [0.4, 0.5) is 0 Å². The molecule has 3 nitrogen and oxygen atoms in total. The zero-order valence-corrected chi connectivity index (χ0v) is 17.5. The van der Waals surface area contributed by atoms with Crippen LogP contribution in [0.3, 0.4) is 0 Å². The molecule has 1 aromatic carbocycles. The molecule has 5 heteroatoms. The molecule has 142 valence electrons. The van der Waals surface area contributed by atoms with Crippen LogP contribution in [0.25, 0.3) is 5.57 Å². The first-order valence-electron chi connectivity index (χ1n) is 8.73. The Bertz CT molecular complexity index is 846. The fraction of sp³-hybridized carbons (Fsp3) is 0.227. The minimum atomic E-state index is 0.789. The van der Waals surface area contributed by atoms with Crippen molar-refractivity contribution in [1.29, 1.82) is 0 Å². The fourth-order valence-electron chi connectivity index (χ4n) is 2.81. The molecule has 2 aromatic rings. The van der Waals surface area contributed by atoms with Gasteiger partial charge in [-0.3, -0.25) is 4.99 Å². The van der Waals surface area contributed by atoms with E-state index in [0.717, 1.165) is 46.4 Å². The van der Waals surface area contributed by atoms with Crippen LogP contribution in [0, 0.1) is 0 Å². The van der Waals surface area contributed by atoms with Crippen molar-refractivity contribution in [3.8, 4) is 0 Å².